The van der Waals surface area contributed by atoms with E-state index in [9.17, 15) is 18.0 Å². The summed E-state index contributed by atoms with van der Waals surface area (Å²) in [5, 5.41) is 3.44. The maximum absolute atomic E-state index is 12.6. The molecule has 1 fully saturated rings. The predicted molar refractivity (Wildman–Crippen MR) is 116 cm³/mol. The molecule has 1 aliphatic rings. The molecule has 1 aliphatic heterocycles. The summed E-state index contributed by atoms with van der Waals surface area (Å²) in [6.45, 7) is 4.67. The Labute approximate surface area is 181 Å². The normalized spacial score (nSPS) is 16.9. The van der Waals surface area contributed by atoms with Crippen molar-refractivity contribution in [2.45, 2.75) is 31.2 Å². The molecule has 0 aliphatic carbocycles. The van der Waals surface area contributed by atoms with Gasteiger partial charge in [-0.1, -0.05) is 25.4 Å². The van der Waals surface area contributed by atoms with Crippen LogP contribution in [0.25, 0.3) is 0 Å². The van der Waals surface area contributed by atoms with E-state index in [1.807, 2.05) is 0 Å². The quantitative estimate of drug-likeness (QED) is 0.704. The van der Waals surface area contributed by atoms with E-state index in [2.05, 4.69) is 5.32 Å². The Morgan fingerprint density at radius 3 is 2.27 bits per heavy atom. The number of halogens is 1. The topological polar surface area (TPSA) is 86.8 Å². The van der Waals surface area contributed by atoms with E-state index in [1.54, 1.807) is 43.0 Å². The number of anilines is 1. The second-order valence-corrected chi connectivity index (χ2v) is 9.34. The van der Waals surface area contributed by atoms with Crippen molar-refractivity contribution >= 4 is 39.1 Å². The van der Waals surface area contributed by atoms with Crippen molar-refractivity contribution in [1.82, 2.24) is 9.62 Å². The Morgan fingerprint density at radius 2 is 1.70 bits per heavy atom. The van der Waals surface area contributed by atoms with Crippen LogP contribution in [0, 0.1) is 0 Å². The van der Waals surface area contributed by atoms with Crippen LogP contribution in [0.5, 0.6) is 0 Å². The van der Waals surface area contributed by atoms with Crippen molar-refractivity contribution in [1.29, 1.82) is 0 Å². The molecule has 0 saturated carbocycles. The van der Waals surface area contributed by atoms with Crippen LogP contribution in [-0.2, 0) is 14.8 Å². The minimum atomic E-state index is -3.57. The molecule has 9 heteroatoms. The molecule has 0 aromatic heterocycles. The van der Waals surface area contributed by atoms with Gasteiger partial charge in [0.1, 0.15) is 0 Å². The van der Waals surface area contributed by atoms with Gasteiger partial charge in [-0.25, -0.2) is 8.42 Å². The first-order valence-electron chi connectivity index (χ1n) is 9.73. The van der Waals surface area contributed by atoms with Crippen molar-refractivity contribution < 1.29 is 18.0 Å². The molecule has 2 aromatic rings. The molecule has 2 aromatic carbocycles. The van der Waals surface area contributed by atoms with Crippen LogP contribution in [0.15, 0.2) is 53.4 Å². The molecule has 1 saturated heterocycles. The zero-order valence-corrected chi connectivity index (χ0v) is 18.4. The second kappa shape index (κ2) is 9.16. The number of hydrogen-bond acceptors (Lipinski definition) is 4. The molecule has 0 radical (unpaired) electrons. The number of hydrogen-bond donors (Lipinski definition) is 1. The molecule has 0 bridgehead atoms. The number of rotatable bonds is 7. The first-order valence-corrected chi connectivity index (χ1v) is 11.5. The summed E-state index contributed by atoms with van der Waals surface area (Å²) < 4.78 is 26.5. The van der Waals surface area contributed by atoms with Crippen molar-refractivity contribution in [2.75, 3.05) is 24.5 Å². The Hall–Kier alpha value is -2.42. The van der Waals surface area contributed by atoms with Gasteiger partial charge in [-0.2, -0.15) is 4.31 Å². The molecular weight excluding hydrogens is 426 g/mol. The summed E-state index contributed by atoms with van der Waals surface area (Å²) in [4.78, 5) is 26.7. The number of amides is 2. The lowest BCUT2D eigenvalue weighted by molar-refractivity contribution is -0.117. The fourth-order valence-electron chi connectivity index (χ4n) is 3.43. The molecular formula is C21H24ClN3O4S. The van der Waals surface area contributed by atoms with Crippen LogP contribution >= 0.6 is 11.6 Å². The number of carbonyl (C=O) groups excluding carboxylic acids is 2. The molecule has 1 N–H and O–H groups in total. The van der Waals surface area contributed by atoms with Crippen molar-refractivity contribution in [3.63, 3.8) is 0 Å². The lowest BCUT2D eigenvalue weighted by Crippen LogP contribution is -2.37. The Kier molecular flexibility index (Phi) is 6.80. The van der Waals surface area contributed by atoms with Gasteiger partial charge in [0, 0.05) is 42.3 Å². The zero-order valence-electron chi connectivity index (χ0n) is 16.8. The third-order valence-corrected chi connectivity index (χ3v) is 7.37. The number of nitrogens with one attached hydrogen (secondary N) is 1. The molecule has 2 amide bonds. The minimum Gasteiger partial charge on any atom is -0.347 e. The highest BCUT2D eigenvalue weighted by molar-refractivity contribution is 7.89. The van der Waals surface area contributed by atoms with Crippen LogP contribution in [-0.4, -0.2) is 50.2 Å². The lowest BCUT2D eigenvalue weighted by Gasteiger charge is -2.19. The molecule has 0 spiro atoms. The van der Waals surface area contributed by atoms with Gasteiger partial charge in [0.25, 0.3) is 5.91 Å². The SMILES string of the molecule is CCN(CC)S(=O)(=O)c1ccc(C(=O)NC2CC(=O)N(c3ccc(Cl)cc3)C2)cc1. The van der Waals surface area contributed by atoms with Gasteiger partial charge in [0.2, 0.25) is 15.9 Å². The predicted octanol–water partition coefficient (Wildman–Crippen LogP) is 2.91. The highest BCUT2D eigenvalue weighted by Crippen LogP contribution is 2.24. The van der Waals surface area contributed by atoms with Crippen LogP contribution < -0.4 is 10.2 Å². The zero-order chi connectivity index (χ0) is 21.9. The number of benzene rings is 2. The third-order valence-electron chi connectivity index (χ3n) is 5.06. The molecule has 30 heavy (non-hydrogen) atoms. The Balaban J connectivity index is 1.66. The van der Waals surface area contributed by atoms with Gasteiger partial charge in [0.15, 0.2) is 0 Å². The maximum Gasteiger partial charge on any atom is 0.251 e. The first-order chi connectivity index (χ1) is 14.3. The van der Waals surface area contributed by atoms with Gasteiger partial charge in [-0.15, -0.1) is 0 Å². The van der Waals surface area contributed by atoms with E-state index in [0.717, 1.165) is 5.69 Å². The fraction of sp³-hybridized carbons (Fsp3) is 0.333. The van der Waals surface area contributed by atoms with Crippen LogP contribution in [0.1, 0.15) is 30.6 Å². The summed E-state index contributed by atoms with van der Waals surface area (Å²) in [6, 6.07) is 12.5. The summed E-state index contributed by atoms with van der Waals surface area (Å²) in [5.41, 5.74) is 1.07. The van der Waals surface area contributed by atoms with Gasteiger partial charge in [0.05, 0.1) is 10.9 Å². The molecule has 1 heterocycles. The molecule has 160 valence electrons. The monoisotopic (exact) mass is 449 g/mol. The summed E-state index contributed by atoms with van der Waals surface area (Å²) in [6.07, 6.45) is 0.197. The summed E-state index contributed by atoms with van der Waals surface area (Å²) in [7, 11) is -3.57. The molecule has 7 nitrogen and oxygen atoms in total. The third kappa shape index (κ3) is 4.66. The molecule has 3 rings (SSSR count). The van der Waals surface area contributed by atoms with Crippen LogP contribution in [0.3, 0.4) is 0 Å². The first kappa shape index (κ1) is 22.3. The average Bonchev–Trinajstić information content (AvgIpc) is 3.09. The largest absolute Gasteiger partial charge is 0.347 e. The molecule has 1 unspecified atom stereocenters. The lowest BCUT2D eigenvalue weighted by atomic mass is 10.2. The van der Waals surface area contributed by atoms with Crippen LogP contribution in [0.4, 0.5) is 5.69 Å². The van der Waals surface area contributed by atoms with E-state index in [1.165, 1.54) is 28.6 Å². The van der Waals surface area contributed by atoms with Gasteiger partial charge < -0.3 is 10.2 Å². The van der Waals surface area contributed by atoms with Crippen molar-refractivity contribution in [3.8, 4) is 0 Å². The Morgan fingerprint density at radius 1 is 1.10 bits per heavy atom. The number of sulfonamides is 1. The highest BCUT2D eigenvalue weighted by atomic mass is 35.5. The summed E-state index contributed by atoms with van der Waals surface area (Å²) >= 11 is 5.89. The smallest absolute Gasteiger partial charge is 0.251 e. The Bertz CT molecular complexity index is 1020. The van der Waals surface area contributed by atoms with E-state index in [4.69, 9.17) is 11.6 Å². The average molecular weight is 450 g/mol. The van der Waals surface area contributed by atoms with E-state index < -0.39 is 10.0 Å². The number of carbonyl (C=O) groups is 2. The minimum absolute atomic E-state index is 0.0803. The highest BCUT2D eigenvalue weighted by Gasteiger charge is 2.32. The van der Waals surface area contributed by atoms with Gasteiger partial charge >= 0.3 is 0 Å². The number of nitrogens with zero attached hydrogens (tertiary/aromatic N) is 2. The van der Waals surface area contributed by atoms with E-state index in [0.29, 0.717) is 30.2 Å². The van der Waals surface area contributed by atoms with Crippen LogP contribution in [0.2, 0.25) is 5.02 Å². The maximum atomic E-state index is 12.6. The fourth-order valence-corrected chi connectivity index (χ4v) is 5.02. The van der Waals surface area contributed by atoms with E-state index >= 15 is 0 Å². The van der Waals surface area contributed by atoms with E-state index in [-0.39, 0.29) is 29.2 Å². The molecule has 1 atom stereocenters. The summed E-state index contributed by atoms with van der Waals surface area (Å²) in [5.74, 6) is -0.430. The second-order valence-electron chi connectivity index (χ2n) is 6.97. The van der Waals surface area contributed by atoms with Gasteiger partial charge in [-0.3, -0.25) is 9.59 Å². The van der Waals surface area contributed by atoms with Gasteiger partial charge in [-0.05, 0) is 48.5 Å². The van der Waals surface area contributed by atoms with Crippen molar-refractivity contribution in [2.24, 2.45) is 0 Å². The standard InChI is InChI=1S/C21H24ClN3O4S/c1-3-24(4-2)30(28,29)19-11-5-15(6-12-19)21(27)23-17-13-20(26)25(14-17)18-9-7-16(22)8-10-18/h5-12,17H,3-4,13-14H2,1-2H3,(H,23,27). The van der Waals surface area contributed by atoms with Crippen molar-refractivity contribution in [3.05, 3.63) is 59.1 Å².